The largest absolute Gasteiger partial charge is 0.493 e. The van der Waals surface area contributed by atoms with Crippen LogP contribution in [0.3, 0.4) is 0 Å². The van der Waals surface area contributed by atoms with Crippen molar-refractivity contribution < 1.29 is 14.3 Å². The minimum absolute atomic E-state index is 0.115. The Labute approximate surface area is 190 Å². The van der Waals surface area contributed by atoms with Gasteiger partial charge in [-0.1, -0.05) is 36.4 Å². The minimum Gasteiger partial charge on any atom is -0.493 e. The highest BCUT2D eigenvalue weighted by molar-refractivity contribution is 5.95. The van der Waals surface area contributed by atoms with Gasteiger partial charge in [0.05, 0.1) is 31.8 Å². The van der Waals surface area contributed by atoms with E-state index in [1.807, 2.05) is 55.5 Å². The van der Waals surface area contributed by atoms with Crippen LogP contribution in [0.4, 0.5) is 5.82 Å². The highest BCUT2D eigenvalue weighted by Gasteiger charge is 2.33. The molecule has 1 amide bonds. The molecule has 0 bridgehead atoms. The lowest BCUT2D eigenvalue weighted by atomic mass is 9.85. The van der Waals surface area contributed by atoms with Crippen LogP contribution < -0.4 is 14.8 Å². The van der Waals surface area contributed by atoms with Crippen LogP contribution in [0.1, 0.15) is 29.2 Å². The lowest BCUT2D eigenvalue weighted by Gasteiger charge is -2.24. The van der Waals surface area contributed by atoms with Crippen molar-refractivity contribution in [3.63, 3.8) is 0 Å². The number of carbonyl (C=O) groups is 1. The van der Waals surface area contributed by atoms with Crippen molar-refractivity contribution in [3.05, 3.63) is 71.5 Å². The first-order chi connectivity index (χ1) is 16.1. The van der Waals surface area contributed by atoms with Gasteiger partial charge in [-0.15, -0.1) is 5.10 Å². The molecule has 3 heterocycles. The number of carbonyl (C=O) groups excluding carboxylic acids is 1. The number of amides is 1. The molecule has 2 aromatic carbocycles. The first-order valence-corrected chi connectivity index (χ1v) is 10.5. The molecule has 1 atom stereocenters. The van der Waals surface area contributed by atoms with Crippen LogP contribution in [0.25, 0.3) is 17.2 Å². The monoisotopic (exact) mass is 442 g/mol. The molecule has 1 N–H and O–H groups in total. The Kier molecular flexibility index (Phi) is 5.21. The second kappa shape index (κ2) is 8.34. The standard InChI is InChI=1S/C24H22N6O3/c1-14-22-17(16-9-10-19(32-2)20(11-16)33-3)12-21(31)27-23(22)30(29-14)24-26-18(13-25-28-24)15-7-5-4-6-8-15/h4-11,13,17H,12H2,1-3H3,(H,27,31)/t17-/m0/s1. The summed E-state index contributed by atoms with van der Waals surface area (Å²) in [5.41, 5.74) is 4.21. The van der Waals surface area contributed by atoms with Gasteiger partial charge in [-0.05, 0) is 24.6 Å². The summed E-state index contributed by atoms with van der Waals surface area (Å²) >= 11 is 0. The molecule has 2 aromatic heterocycles. The van der Waals surface area contributed by atoms with Crippen LogP contribution >= 0.6 is 0 Å². The molecule has 0 aliphatic carbocycles. The van der Waals surface area contributed by atoms with Gasteiger partial charge >= 0.3 is 0 Å². The van der Waals surface area contributed by atoms with Gasteiger partial charge in [-0.2, -0.15) is 14.9 Å². The molecule has 33 heavy (non-hydrogen) atoms. The predicted octanol–water partition coefficient (Wildman–Crippen LogP) is 3.52. The summed E-state index contributed by atoms with van der Waals surface area (Å²) in [5.74, 6) is 1.76. The molecule has 0 radical (unpaired) electrons. The smallest absolute Gasteiger partial charge is 0.272 e. The average molecular weight is 442 g/mol. The Bertz CT molecular complexity index is 1340. The molecule has 1 aliphatic rings. The Morgan fingerprint density at radius 3 is 2.61 bits per heavy atom. The van der Waals surface area contributed by atoms with Gasteiger partial charge in [0.25, 0.3) is 5.95 Å². The number of ether oxygens (including phenoxy) is 2. The van der Waals surface area contributed by atoms with Crippen LogP contribution in [0.2, 0.25) is 0 Å². The van der Waals surface area contributed by atoms with Crippen molar-refractivity contribution in [2.45, 2.75) is 19.3 Å². The van der Waals surface area contributed by atoms with E-state index in [9.17, 15) is 4.79 Å². The Morgan fingerprint density at radius 2 is 1.85 bits per heavy atom. The van der Waals surface area contributed by atoms with Crippen molar-refractivity contribution in [2.75, 3.05) is 19.5 Å². The Morgan fingerprint density at radius 1 is 1.06 bits per heavy atom. The zero-order chi connectivity index (χ0) is 22.9. The zero-order valence-electron chi connectivity index (χ0n) is 18.4. The SMILES string of the molecule is COc1ccc([C@@H]2CC(=O)Nc3c2c(C)nn3-c2nncc(-c3ccccc3)n2)cc1OC. The van der Waals surface area contributed by atoms with Crippen molar-refractivity contribution in [3.8, 4) is 28.7 Å². The van der Waals surface area contributed by atoms with Gasteiger partial charge in [0.1, 0.15) is 5.82 Å². The lowest BCUT2D eigenvalue weighted by molar-refractivity contribution is -0.116. The van der Waals surface area contributed by atoms with Crippen molar-refractivity contribution in [1.82, 2.24) is 25.0 Å². The van der Waals surface area contributed by atoms with E-state index in [1.165, 1.54) is 0 Å². The molecule has 0 saturated heterocycles. The maximum atomic E-state index is 12.7. The summed E-state index contributed by atoms with van der Waals surface area (Å²) in [5, 5.41) is 15.9. The molecule has 166 valence electrons. The summed E-state index contributed by atoms with van der Waals surface area (Å²) in [6, 6.07) is 15.4. The third-order valence-electron chi connectivity index (χ3n) is 5.72. The van der Waals surface area contributed by atoms with Crippen LogP contribution in [0, 0.1) is 6.92 Å². The maximum Gasteiger partial charge on any atom is 0.272 e. The fraction of sp³-hybridized carbons (Fsp3) is 0.208. The van der Waals surface area contributed by atoms with E-state index >= 15 is 0 Å². The van der Waals surface area contributed by atoms with E-state index in [2.05, 4.69) is 25.6 Å². The average Bonchev–Trinajstić information content (AvgIpc) is 3.19. The fourth-order valence-electron chi connectivity index (χ4n) is 4.18. The highest BCUT2D eigenvalue weighted by Crippen LogP contribution is 2.42. The molecule has 0 saturated carbocycles. The Hall–Kier alpha value is -4.27. The normalized spacial score (nSPS) is 15.0. The molecule has 4 aromatic rings. The number of methoxy groups -OCH3 is 2. The molecule has 5 rings (SSSR count). The molecule has 1 aliphatic heterocycles. The van der Waals surface area contributed by atoms with Gasteiger partial charge in [0.2, 0.25) is 5.91 Å². The van der Waals surface area contributed by atoms with Crippen LogP contribution in [-0.2, 0) is 4.79 Å². The molecule has 0 unspecified atom stereocenters. The number of fused-ring (bicyclic) bond motifs is 1. The van der Waals surface area contributed by atoms with Crippen molar-refractivity contribution in [2.24, 2.45) is 0 Å². The summed E-state index contributed by atoms with van der Waals surface area (Å²) < 4.78 is 12.4. The first-order valence-electron chi connectivity index (χ1n) is 10.5. The number of aryl methyl sites for hydroxylation is 1. The van der Waals surface area contributed by atoms with Crippen LogP contribution in [-0.4, -0.2) is 45.1 Å². The lowest BCUT2D eigenvalue weighted by Crippen LogP contribution is -2.25. The van der Waals surface area contributed by atoms with Gasteiger partial charge in [0.15, 0.2) is 11.5 Å². The number of aromatic nitrogens is 5. The summed E-state index contributed by atoms with van der Waals surface area (Å²) in [6.07, 6.45) is 1.89. The van der Waals surface area contributed by atoms with Crippen molar-refractivity contribution in [1.29, 1.82) is 0 Å². The predicted molar refractivity (Wildman–Crippen MR) is 122 cm³/mol. The van der Waals surface area contributed by atoms with Gasteiger partial charge in [-0.25, -0.2) is 4.98 Å². The van der Waals surface area contributed by atoms with Gasteiger partial charge in [-0.3, -0.25) is 4.79 Å². The topological polar surface area (TPSA) is 104 Å². The van der Waals surface area contributed by atoms with E-state index in [0.29, 0.717) is 23.0 Å². The number of nitrogens with one attached hydrogen (secondary N) is 1. The number of hydrogen-bond donors (Lipinski definition) is 1. The Balaban J connectivity index is 1.61. The van der Waals surface area contributed by atoms with E-state index in [-0.39, 0.29) is 24.2 Å². The van der Waals surface area contributed by atoms with Gasteiger partial charge < -0.3 is 14.8 Å². The number of anilines is 1. The first kappa shape index (κ1) is 20.6. The third-order valence-corrected chi connectivity index (χ3v) is 5.72. The quantitative estimate of drug-likeness (QED) is 0.504. The molecular weight excluding hydrogens is 420 g/mol. The van der Waals surface area contributed by atoms with E-state index in [4.69, 9.17) is 9.47 Å². The maximum absolute atomic E-state index is 12.7. The van der Waals surface area contributed by atoms with E-state index in [1.54, 1.807) is 25.1 Å². The van der Waals surface area contributed by atoms with E-state index < -0.39 is 0 Å². The molecular formula is C24H22N6O3. The molecule has 0 spiro atoms. The van der Waals surface area contributed by atoms with Crippen molar-refractivity contribution >= 4 is 11.7 Å². The number of nitrogens with zero attached hydrogens (tertiary/aromatic N) is 5. The molecule has 0 fully saturated rings. The summed E-state index contributed by atoms with van der Waals surface area (Å²) in [7, 11) is 3.18. The number of rotatable bonds is 5. The van der Waals surface area contributed by atoms with Crippen LogP contribution in [0.5, 0.6) is 11.5 Å². The third kappa shape index (κ3) is 3.67. The van der Waals surface area contributed by atoms with Gasteiger partial charge in [0, 0.05) is 23.5 Å². The zero-order valence-corrected chi connectivity index (χ0v) is 18.4. The summed E-state index contributed by atoms with van der Waals surface area (Å²) in [6.45, 7) is 1.91. The highest BCUT2D eigenvalue weighted by atomic mass is 16.5. The van der Waals surface area contributed by atoms with Crippen LogP contribution in [0.15, 0.2) is 54.7 Å². The number of hydrogen-bond acceptors (Lipinski definition) is 7. The fourth-order valence-corrected chi connectivity index (χ4v) is 4.18. The summed E-state index contributed by atoms with van der Waals surface area (Å²) in [4.78, 5) is 17.4. The molecule has 9 heteroatoms. The minimum atomic E-state index is -0.201. The van der Waals surface area contributed by atoms with E-state index in [0.717, 1.165) is 22.4 Å². The second-order valence-corrected chi connectivity index (χ2v) is 7.69. The molecule has 9 nitrogen and oxygen atoms in total. The second-order valence-electron chi connectivity index (χ2n) is 7.69. The number of benzene rings is 2.